The second kappa shape index (κ2) is 8.71. The fraction of sp³-hybridized carbons (Fsp3) is 0.240. The molecule has 0 aliphatic carbocycles. The topological polar surface area (TPSA) is 98.8 Å². The van der Waals surface area contributed by atoms with E-state index in [1.807, 2.05) is 0 Å². The maximum atomic E-state index is 15.5. The van der Waals surface area contributed by atoms with E-state index in [0.717, 1.165) is 12.1 Å². The Labute approximate surface area is 207 Å². The second-order valence-corrected chi connectivity index (χ2v) is 8.62. The first-order chi connectivity index (χ1) is 17.5. The van der Waals surface area contributed by atoms with Crippen LogP contribution in [0.5, 0.6) is 5.75 Å². The van der Waals surface area contributed by atoms with Crippen LogP contribution in [-0.2, 0) is 16.5 Å². The van der Waals surface area contributed by atoms with Gasteiger partial charge in [-0.1, -0.05) is 30.3 Å². The predicted molar refractivity (Wildman–Crippen MR) is 122 cm³/mol. The monoisotopic (exact) mass is 518 g/mol. The van der Waals surface area contributed by atoms with Gasteiger partial charge in [0.15, 0.2) is 12.1 Å². The summed E-state index contributed by atoms with van der Waals surface area (Å²) in [4.78, 5) is 20.2. The largest absolute Gasteiger partial charge is 0.485 e. The van der Waals surface area contributed by atoms with Crippen molar-refractivity contribution in [2.75, 3.05) is 11.9 Å². The Morgan fingerprint density at radius 3 is 2.51 bits per heavy atom. The quantitative estimate of drug-likeness (QED) is 0.473. The molecule has 2 aromatic carbocycles. The van der Waals surface area contributed by atoms with Gasteiger partial charge in [-0.15, -0.1) is 0 Å². The summed E-state index contributed by atoms with van der Waals surface area (Å²) in [6.45, 7) is -1.00. The number of nitrogens with zero attached hydrogens (tertiary/aromatic N) is 2. The lowest BCUT2D eigenvalue weighted by atomic mass is 9.75. The first-order valence-corrected chi connectivity index (χ1v) is 11.1. The van der Waals surface area contributed by atoms with Crippen LogP contribution in [0, 0.1) is 0 Å². The molecule has 0 saturated heterocycles. The van der Waals surface area contributed by atoms with E-state index in [1.165, 1.54) is 18.2 Å². The number of benzene rings is 2. The molecule has 2 atom stereocenters. The van der Waals surface area contributed by atoms with E-state index in [1.54, 1.807) is 30.3 Å². The van der Waals surface area contributed by atoms with Crippen molar-refractivity contribution in [3.8, 4) is 5.75 Å². The number of amidine groups is 1. The maximum Gasteiger partial charge on any atom is 0.417 e. The molecule has 0 saturated carbocycles. The van der Waals surface area contributed by atoms with Gasteiger partial charge in [0.25, 0.3) is 11.9 Å². The highest BCUT2D eigenvalue weighted by molar-refractivity contribution is 6.03. The number of pyridine rings is 1. The molecule has 3 aromatic rings. The van der Waals surface area contributed by atoms with E-state index in [2.05, 4.69) is 15.3 Å². The normalized spacial score (nSPS) is 22.3. The molecular formula is C25H19F5N4O3. The lowest BCUT2D eigenvalue weighted by Gasteiger charge is -2.45. The highest BCUT2D eigenvalue weighted by atomic mass is 19.4. The number of hydrogen-bond donors (Lipinski definition) is 2. The second-order valence-electron chi connectivity index (χ2n) is 8.62. The van der Waals surface area contributed by atoms with Gasteiger partial charge in [0.2, 0.25) is 0 Å². The Morgan fingerprint density at radius 1 is 1.08 bits per heavy atom. The van der Waals surface area contributed by atoms with Crippen molar-refractivity contribution in [3.05, 3.63) is 89.2 Å². The smallest absolute Gasteiger partial charge is 0.417 e. The first-order valence-electron chi connectivity index (χ1n) is 11.1. The summed E-state index contributed by atoms with van der Waals surface area (Å²) in [5.41, 5.74) is 3.00. The minimum atomic E-state index is -4.61. The number of rotatable bonds is 3. The van der Waals surface area contributed by atoms with Crippen LogP contribution in [0.1, 0.15) is 39.7 Å². The van der Waals surface area contributed by atoms with Crippen molar-refractivity contribution in [3.63, 3.8) is 0 Å². The van der Waals surface area contributed by atoms with Gasteiger partial charge in [-0.3, -0.25) is 9.78 Å². The molecule has 37 heavy (non-hydrogen) atoms. The van der Waals surface area contributed by atoms with Crippen molar-refractivity contribution >= 4 is 17.6 Å². The van der Waals surface area contributed by atoms with Gasteiger partial charge in [0.1, 0.15) is 17.5 Å². The minimum absolute atomic E-state index is 0.0193. The summed E-state index contributed by atoms with van der Waals surface area (Å²) in [5, 5.41) is 2.48. The summed E-state index contributed by atoms with van der Waals surface area (Å²) in [5.74, 6) is -4.20. The molecule has 1 amide bonds. The average Bonchev–Trinajstić information content (AvgIpc) is 2.87. The number of aliphatic imine (C=N–C) groups is 1. The zero-order chi connectivity index (χ0) is 26.4. The summed E-state index contributed by atoms with van der Waals surface area (Å²) in [6.07, 6.45) is -5.11. The highest BCUT2D eigenvalue weighted by Crippen LogP contribution is 2.56. The van der Waals surface area contributed by atoms with E-state index in [0.29, 0.717) is 11.8 Å². The number of ether oxygens (including phenoxy) is 2. The number of carbonyl (C=O) groups excluding carboxylic acids is 1. The Hall–Kier alpha value is -4.22. The molecule has 12 heteroatoms. The van der Waals surface area contributed by atoms with Gasteiger partial charge in [-0.25, -0.2) is 4.99 Å². The summed E-state index contributed by atoms with van der Waals surface area (Å²) < 4.78 is 80.3. The molecular weight excluding hydrogens is 499 g/mol. The number of nitrogens with two attached hydrogens (primary N) is 1. The molecule has 0 bridgehead atoms. The van der Waals surface area contributed by atoms with E-state index in [9.17, 15) is 18.0 Å². The number of nitrogens with one attached hydrogen (secondary N) is 1. The van der Waals surface area contributed by atoms with Crippen LogP contribution in [0.15, 0.2) is 71.9 Å². The molecule has 2 aliphatic heterocycles. The number of alkyl halides is 5. The number of fused-ring (bicyclic) bond motifs is 2. The summed E-state index contributed by atoms with van der Waals surface area (Å²) >= 11 is 0. The van der Waals surface area contributed by atoms with Crippen LogP contribution < -0.4 is 15.8 Å². The lowest BCUT2D eigenvalue weighted by Crippen LogP contribution is -2.55. The zero-order valence-corrected chi connectivity index (χ0v) is 18.9. The third-order valence-electron chi connectivity index (χ3n) is 6.24. The van der Waals surface area contributed by atoms with E-state index >= 15 is 8.78 Å². The summed E-state index contributed by atoms with van der Waals surface area (Å²) in [7, 11) is 0. The van der Waals surface area contributed by atoms with Gasteiger partial charge in [-0.2, -0.15) is 22.0 Å². The third kappa shape index (κ3) is 4.43. The number of anilines is 1. The Morgan fingerprint density at radius 2 is 1.84 bits per heavy atom. The number of amides is 1. The molecule has 1 unspecified atom stereocenters. The predicted octanol–water partition coefficient (Wildman–Crippen LogP) is 5.05. The standard InChI is InChI=1S/C25H19F5N4O3/c26-24(27)13-36-22(31)34-23(24)11-20(14-4-2-1-3-5-14)37-19-9-7-16(10-17(19)23)33-21(35)18-8-6-15(12-32-18)25(28,29)30/h1-10,12,20H,11,13H2,(H2,31,34)(H,33,35)/t20?,23-/m1/s1. The molecule has 0 radical (unpaired) electrons. The number of carbonyl (C=O) groups is 1. The lowest BCUT2D eigenvalue weighted by molar-refractivity contribution is -0.139. The number of halogens is 5. The number of hydrogen-bond acceptors (Lipinski definition) is 6. The molecule has 2 aliphatic rings. The van der Waals surface area contributed by atoms with Crippen LogP contribution in [-0.4, -0.2) is 29.4 Å². The van der Waals surface area contributed by atoms with Crippen molar-refractivity contribution in [1.29, 1.82) is 0 Å². The number of aromatic nitrogens is 1. The van der Waals surface area contributed by atoms with Crippen molar-refractivity contribution in [2.24, 2.45) is 10.7 Å². The van der Waals surface area contributed by atoms with Crippen LogP contribution >= 0.6 is 0 Å². The van der Waals surface area contributed by atoms with Crippen LogP contribution in [0.2, 0.25) is 0 Å². The Bertz CT molecular complexity index is 1360. The van der Waals surface area contributed by atoms with Crippen molar-refractivity contribution < 1.29 is 36.2 Å². The molecule has 192 valence electrons. The van der Waals surface area contributed by atoms with E-state index in [4.69, 9.17) is 15.2 Å². The van der Waals surface area contributed by atoms with Crippen LogP contribution in [0.4, 0.5) is 27.6 Å². The van der Waals surface area contributed by atoms with Crippen LogP contribution in [0.3, 0.4) is 0 Å². The molecule has 1 aromatic heterocycles. The Balaban J connectivity index is 1.52. The van der Waals surface area contributed by atoms with Gasteiger partial charge >= 0.3 is 12.1 Å². The van der Waals surface area contributed by atoms with E-state index in [-0.39, 0.29) is 29.1 Å². The fourth-order valence-corrected chi connectivity index (χ4v) is 4.39. The SMILES string of the molecule is NC1=N[C@@]2(CC(c3ccccc3)Oc3ccc(NC(=O)c4ccc(C(F)(F)F)cn4)cc32)C(F)(F)CO1. The molecule has 3 heterocycles. The highest BCUT2D eigenvalue weighted by Gasteiger charge is 2.62. The third-order valence-corrected chi connectivity index (χ3v) is 6.24. The summed E-state index contributed by atoms with van der Waals surface area (Å²) in [6, 6.07) is 14.2. The van der Waals surface area contributed by atoms with Gasteiger partial charge in [0, 0.05) is 23.9 Å². The molecule has 0 fully saturated rings. The minimum Gasteiger partial charge on any atom is -0.485 e. The molecule has 3 N–H and O–H groups in total. The van der Waals surface area contributed by atoms with Gasteiger partial charge in [-0.05, 0) is 35.9 Å². The molecule has 1 spiro atoms. The zero-order valence-electron chi connectivity index (χ0n) is 18.9. The van der Waals surface area contributed by atoms with Crippen molar-refractivity contribution in [1.82, 2.24) is 4.98 Å². The van der Waals surface area contributed by atoms with Crippen LogP contribution in [0.25, 0.3) is 0 Å². The Kier molecular flexibility index (Phi) is 5.76. The first kappa shape index (κ1) is 24.5. The van der Waals surface area contributed by atoms with Gasteiger partial charge < -0.3 is 20.5 Å². The molecule has 7 nitrogen and oxygen atoms in total. The molecule has 5 rings (SSSR count). The van der Waals surface area contributed by atoms with Crippen molar-refractivity contribution in [2.45, 2.75) is 30.2 Å². The maximum absolute atomic E-state index is 15.5. The van der Waals surface area contributed by atoms with Gasteiger partial charge in [0.05, 0.1) is 5.56 Å². The average molecular weight is 518 g/mol. The fourth-order valence-electron chi connectivity index (χ4n) is 4.39. The van der Waals surface area contributed by atoms with E-state index < -0.39 is 47.8 Å².